The highest BCUT2D eigenvalue weighted by molar-refractivity contribution is 7.08. The molecule has 1 N–H and O–H groups in total. The van der Waals surface area contributed by atoms with Crippen LogP contribution in [0, 0.1) is 0 Å². The number of benzene rings is 1. The minimum Gasteiger partial charge on any atom is -0.345 e. The number of amides is 1. The van der Waals surface area contributed by atoms with E-state index in [1.165, 1.54) is 4.68 Å². The van der Waals surface area contributed by atoms with Gasteiger partial charge in [-0.05, 0) is 36.2 Å². The first-order valence-electron chi connectivity index (χ1n) is 9.65. The van der Waals surface area contributed by atoms with Crippen molar-refractivity contribution in [3.8, 4) is 0 Å². The van der Waals surface area contributed by atoms with Crippen LogP contribution in [0.2, 0.25) is 0 Å². The summed E-state index contributed by atoms with van der Waals surface area (Å²) in [5.74, 6) is -0.234. The van der Waals surface area contributed by atoms with Crippen molar-refractivity contribution in [2.24, 2.45) is 0 Å². The Kier molecular flexibility index (Phi) is 5.89. The lowest BCUT2D eigenvalue weighted by molar-refractivity contribution is 0.0953. The topological polar surface area (TPSA) is 103 Å². The number of nitrogens with zero attached hydrogens (tertiary/aromatic N) is 5. The van der Waals surface area contributed by atoms with Crippen LogP contribution in [0.3, 0.4) is 0 Å². The maximum atomic E-state index is 12.9. The smallest absolute Gasteiger partial charge is 0.275 e. The van der Waals surface area contributed by atoms with Gasteiger partial charge in [-0.3, -0.25) is 14.6 Å². The molecule has 0 atom stereocenters. The molecule has 0 aliphatic heterocycles. The van der Waals surface area contributed by atoms with Gasteiger partial charge in [-0.2, -0.15) is 5.10 Å². The summed E-state index contributed by atoms with van der Waals surface area (Å²) >= 11 is 1.09. The number of pyridine rings is 1. The van der Waals surface area contributed by atoms with Gasteiger partial charge in [-0.15, -0.1) is 5.10 Å². The molecule has 1 aromatic carbocycles. The lowest BCUT2D eigenvalue weighted by Crippen LogP contribution is -2.29. The average Bonchev–Trinajstić information content (AvgIpc) is 3.24. The molecule has 30 heavy (non-hydrogen) atoms. The van der Waals surface area contributed by atoms with Gasteiger partial charge in [-0.25, -0.2) is 4.68 Å². The highest BCUT2D eigenvalue weighted by Gasteiger charge is 2.17. The number of aromatic nitrogens is 5. The highest BCUT2D eigenvalue weighted by Crippen LogP contribution is 2.15. The maximum absolute atomic E-state index is 12.9. The number of hydrogen-bond acceptors (Lipinski definition) is 7. The van der Waals surface area contributed by atoms with Crippen LogP contribution in [0.5, 0.6) is 0 Å². The van der Waals surface area contributed by atoms with E-state index in [2.05, 4.69) is 25.0 Å². The van der Waals surface area contributed by atoms with E-state index < -0.39 is 0 Å². The van der Waals surface area contributed by atoms with Crippen molar-refractivity contribution in [2.75, 3.05) is 0 Å². The molecule has 4 aromatic rings. The third-order valence-electron chi connectivity index (χ3n) is 4.65. The predicted molar refractivity (Wildman–Crippen MR) is 114 cm³/mol. The fourth-order valence-corrected chi connectivity index (χ4v) is 3.84. The maximum Gasteiger partial charge on any atom is 0.275 e. The number of fused-ring (bicyclic) bond motifs is 1. The third-order valence-corrected chi connectivity index (χ3v) is 5.41. The zero-order valence-corrected chi connectivity index (χ0v) is 17.2. The Morgan fingerprint density at radius 1 is 1.10 bits per heavy atom. The monoisotopic (exact) mass is 420 g/mol. The van der Waals surface area contributed by atoms with E-state index in [1.807, 2.05) is 43.3 Å². The van der Waals surface area contributed by atoms with E-state index in [-0.39, 0.29) is 24.6 Å². The van der Waals surface area contributed by atoms with Crippen LogP contribution in [0.15, 0.2) is 53.5 Å². The first-order chi connectivity index (χ1) is 14.7. The summed E-state index contributed by atoms with van der Waals surface area (Å²) in [7, 11) is 0. The van der Waals surface area contributed by atoms with Crippen LogP contribution in [0.4, 0.5) is 0 Å². The summed E-state index contributed by atoms with van der Waals surface area (Å²) in [6.45, 7) is 2.47. The molecule has 0 radical (unpaired) electrons. The van der Waals surface area contributed by atoms with Crippen molar-refractivity contribution in [1.29, 1.82) is 0 Å². The van der Waals surface area contributed by atoms with Crippen LogP contribution < -0.4 is 10.9 Å². The van der Waals surface area contributed by atoms with Crippen molar-refractivity contribution < 1.29 is 4.79 Å². The molecule has 0 bridgehead atoms. The molecule has 0 aliphatic carbocycles. The Bertz CT molecular complexity index is 1240. The van der Waals surface area contributed by atoms with Gasteiger partial charge in [0.25, 0.3) is 11.5 Å². The molecule has 0 aliphatic rings. The normalized spacial score (nSPS) is 11.0. The number of nitrogens with one attached hydrogen (secondary N) is 1. The number of rotatable bonds is 7. The summed E-state index contributed by atoms with van der Waals surface area (Å²) in [6.07, 6.45) is 3.27. The lowest BCUT2D eigenvalue weighted by atomic mass is 10.1. The number of carbonyl (C=O) groups excluding carboxylic acids is 1. The Balaban J connectivity index is 1.64. The van der Waals surface area contributed by atoms with Gasteiger partial charge in [-0.1, -0.05) is 42.1 Å². The van der Waals surface area contributed by atoms with Gasteiger partial charge in [0.1, 0.15) is 4.88 Å². The molecule has 0 spiro atoms. The van der Waals surface area contributed by atoms with Crippen LogP contribution in [-0.2, 0) is 19.5 Å². The number of carbonyl (C=O) groups is 1. The molecule has 0 saturated carbocycles. The van der Waals surface area contributed by atoms with E-state index in [0.717, 1.165) is 29.0 Å². The van der Waals surface area contributed by atoms with Gasteiger partial charge in [0, 0.05) is 11.6 Å². The Morgan fingerprint density at radius 2 is 1.90 bits per heavy atom. The zero-order chi connectivity index (χ0) is 20.9. The number of aryl methyl sites for hydroxylation is 1. The second-order valence-electron chi connectivity index (χ2n) is 6.76. The molecular weight excluding hydrogens is 400 g/mol. The van der Waals surface area contributed by atoms with Gasteiger partial charge < -0.3 is 5.32 Å². The van der Waals surface area contributed by atoms with E-state index in [9.17, 15) is 9.59 Å². The minimum atomic E-state index is -0.234. The Labute approximate surface area is 176 Å². The van der Waals surface area contributed by atoms with E-state index in [4.69, 9.17) is 0 Å². The summed E-state index contributed by atoms with van der Waals surface area (Å²) in [5, 5.41) is 12.7. The average molecular weight is 420 g/mol. The minimum absolute atomic E-state index is 0.186. The van der Waals surface area contributed by atoms with Crippen LogP contribution in [-0.4, -0.2) is 30.3 Å². The van der Waals surface area contributed by atoms with Crippen molar-refractivity contribution in [2.45, 2.75) is 32.9 Å². The first kappa shape index (κ1) is 19.8. The molecule has 9 heteroatoms. The summed E-state index contributed by atoms with van der Waals surface area (Å²) in [6, 6.07) is 12.8. The molecule has 0 fully saturated rings. The summed E-state index contributed by atoms with van der Waals surface area (Å²) < 4.78 is 5.29. The van der Waals surface area contributed by atoms with Gasteiger partial charge in [0.15, 0.2) is 0 Å². The molecule has 0 unspecified atom stereocenters. The molecule has 1 amide bonds. The molecule has 152 valence electrons. The SMILES string of the molecule is CCCc1nnsc1C(=O)NCc1nn(Cc2ccccn2)c(=O)c2ccccc12. The van der Waals surface area contributed by atoms with Crippen LogP contribution >= 0.6 is 11.5 Å². The molecule has 3 heterocycles. The Morgan fingerprint density at radius 3 is 2.67 bits per heavy atom. The zero-order valence-electron chi connectivity index (χ0n) is 16.4. The fraction of sp³-hybridized carbons (Fsp3) is 0.238. The first-order valence-corrected chi connectivity index (χ1v) is 10.4. The Hall–Kier alpha value is -3.46. The highest BCUT2D eigenvalue weighted by atomic mass is 32.1. The van der Waals surface area contributed by atoms with E-state index >= 15 is 0 Å². The van der Waals surface area contributed by atoms with Gasteiger partial charge >= 0.3 is 0 Å². The fourth-order valence-electron chi connectivity index (χ4n) is 3.21. The van der Waals surface area contributed by atoms with Crippen molar-refractivity contribution in [3.05, 3.63) is 81.0 Å². The van der Waals surface area contributed by atoms with E-state index in [0.29, 0.717) is 28.1 Å². The van der Waals surface area contributed by atoms with Gasteiger partial charge in [0.2, 0.25) is 0 Å². The third kappa shape index (κ3) is 4.11. The van der Waals surface area contributed by atoms with Crippen LogP contribution in [0.25, 0.3) is 10.8 Å². The van der Waals surface area contributed by atoms with Crippen molar-refractivity contribution in [3.63, 3.8) is 0 Å². The van der Waals surface area contributed by atoms with Crippen LogP contribution in [0.1, 0.15) is 40.1 Å². The van der Waals surface area contributed by atoms with E-state index in [1.54, 1.807) is 12.3 Å². The van der Waals surface area contributed by atoms with Gasteiger partial charge in [0.05, 0.1) is 35.6 Å². The predicted octanol–water partition coefficient (Wildman–Crippen LogP) is 2.57. The second kappa shape index (κ2) is 8.91. The standard InChI is InChI=1S/C21H20N6O2S/c1-2-7-17-19(30-26-24-17)20(28)23-12-18-15-9-3-4-10-16(15)21(29)27(25-18)13-14-8-5-6-11-22-14/h3-6,8-11H,2,7,12-13H2,1H3,(H,23,28). The molecule has 4 rings (SSSR count). The molecular formula is C21H20N6O2S. The second-order valence-corrected chi connectivity index (χ2v) is 7.51. The summed E-state index contributed by atoms with van der Waals surface area (Å²) in [4.78, 5) is 30.4. The molecule has 8 nitrogen and oxygen atoms in total. The lowest BCUT2D eigenvalue weighted by Gasteiger charge is -2.11. The molecule has 0 saturated heterocycles. The molecule has 3 aromatic heterocycles. The quantitative estimate of drug-likeness (QED) is 0.493. The summed E-state index contributed by atoms with van der Waals surface area (Å²) in [5.41, 5.74) is 1.86. The largest absolute Gasteiger partial charge is 0.345 e. The van der Waals surface area contributed by atoms with Crippen molar-refractivity contribution >= 4 is 28.2 Å². The number of hydrogen-bond donors (Lipinski definition) is 1. The van der Waals surface area contributed by atoms with Crippen molar-refractivity contribution in [1.82, 2.24) is 29.7 Å².